The smallest absolute Gasteiger partial charge is 0.224 e. The monoisotopic (exact) mass is 307 g/mol. The van der Waals surface area contributed by atoms with E-state index in [1.54, 1.807) is 6.26 Å². The molecule has 1 amide bonds. The summed E-state index contributed by atoms with van der Waals surface area (Å²) >= 11 is 3.44. The van der Waals surface area contributed by atoms with Crippen molar-refractivity contribution in [3.05, 3.63) is 52.4 Å². The second-order valence-electron chi connectivity index (χ2n) is 4.04. The molecule has 0 aliphatic carbocycles. The Bertz CT molecular complexity index is 535. The molecule has 1 N–H and O–H groups in total. The number of rotatable bonds is 4. The van der Waals surface area contributed by atoms with Crippen molar-refractivity contribution in [3.8, 4) is 0 Å². The number of nitrogens with one attached hydrogen (secondary N) is 1. The number of carbonyl (C=O) groups excluding carboxylic acids is 1. The van der Waals surface area contributed by atoms with Crippen molar-refractivity contribution in [1.29, 1.82) is 0 Å². The lowest BCUT2D eigenvalue weighted by Gasteiger charge is -2.09. The van der Waals surface area contributed by atoms with Gasteiger partial charge in [0.1, 0.15) is 5.76 Å². The Morgan fingerprint density at radius 3 is 2.89 bits per heavy atom. The summed E-state index contributed by atoms with van der Waals surface area (Å²) in [6, 6.07) is 9.45. The topological polar surface area (TPSA) is 42.2 Å². The standard InChI is InChI=1S/C14H14BrNO2/c1-10-12(15)5-2-6-13(10)16-14(17)8-7-11-4-3-9-18-11/h2-6,9H,7-8H2,1H3,(H,16,17). The predicted molar refractivity (Wildman–Crippen MR) is 74.5 cm³/mol. The molecule has 1 aromatic heterocycles. The zero-order chi connectivity index (χ0) is 13.0. The molecule has 4 heteroatoms. The zero-order valence-corrected chi connectivity index (χ0v) is 11.7. The van der Waals surface area contributed by atoms with Crippen LogP contribution in [0.1, 0.15) is 17.7 Å². The molecule has 2 aromatic rings. The van der Waals surface area contributed by atoms with Gasteiger partial charge in [0.2, 0.25) is 5.91 Å². The van der Waals surface area contributed by atoms with Gasteiger partial charge in [0.25, 0.3) is 0 Å². The van der Waals surface area contributed by atoms with Crippen molar-refractivity contribution in [1.82, 2.24) is 0 Å². The lowest BCUT2D eigenvalue weighted by atomic mass is 10.2. The minimum atomic E-state index is -0.00685. The molecule has 0 bridgehead atoms. The van der Waals surface area contributed by atoms with Gasteiger partial charge >= 0.3 is 0 Å². The normalized spacial score (nSPS) is 10.3. The van der Waals surface area contributed by atoms with Gasteiger partial charge in [-0.2, -0.15) is 0 Å². The number of benzene rings is 1. The van der Waals surface area contributed by atoms with Gasteiger partial charge in [-0.15, -0.1) is 0 Å². The maximum Gasteiger partial charge on any atom is 0.224 e. The third-order valence-corrected chi connectivity index (χ3v) is 3.58. The number of amides is 1. The number of furan rings is 1. The summed E-state index contributed by atoms with van der Waals surface area (Å²) in [4.78, 5) is 11.8. The van der Waals surface area contributed by atoms with Crippen molar-refractivity contribution in [2.75, 3.05) is 5.32 Å². The van der Waals surface area contributed by atoms with E-state index in [0.29, 0.717) is 12.8 Å². The number of hydrogen-bond donors (Lipinski definition) is 1. The quantitative estimate of drug-likeness (QED) is 0.930. The molecular weight excluding hydrogens is 294 g/mol. The summed E-state index contributed by atoms with van der Waals surface area (Å²) in [5.41, 5.74) is 1.87. The van der Waals surface area contributed by atoms with E-state index in [4.69, 9.17) is 4.42 Å². The summed E-state index contributed by atoms with van der Waals surface area (Å²) < 4.78 is 6.18. The van der Waals surface area contributed by atoms with Crippen LogP contribution >= 0.6 is 15.9 Å². The molecule has 0 saturated heterocycles. The maximum absolute atomic E-state index is 11.8. The molecule has 0 atom stereocenters. The Balaban J connectivity index is 1.93. The van der Waals surface area contributed by atoms with Gasteiger partial charge in [-0.3, -0.25) is 4.79 Å². The minimum absolute atomic E-state index is 0.00685. The number of carbonyl (C=O) groups is 1. The second-order valence-corrected chi connectivity index (χ2v) is 4.89. The highest BCUT2D eigenvalue weighted by Gasteiger charge is 2.07. The van der Waals surface area contributed by atoms with E-state index in [-0.39, 0.29) is 5.91 Å². The Hall–Kier alpha value is -1.55. The summed E-state index contributed by atoms with van der Waals surface area (Å²) in [5.74, 6) is 0.823. The molecule has 1 heterocycles. The van der Waals surface area contributed by atoms with Crippen LogP contribution < -0.4 is 5.32 Å². The Labute approximate surface area is 114 Å². The third kappa shape index (κ3) is 3.23. The first-order valence-electron chi connectivity index (χ1n) is 5.74. The van der Waals surface area contributed by atoms with Crippen LogP contribution in [0.2, 0.25) is 0 Å². The molecule has 0 aliphatic rings. The summed E-state index contributed by atoms with van der Waals surface area (Å²) in [6.07, 6.45) is 2.65. The third-order valence-electron chi connectivity index (χ3n) is 2.72. The van der Waals surface area contributed by atoms with Gasteiger partial charge < -0.3 is 9.73 Å². The second kappa shape index (κ2) is 5.87. The van der Waals surface area contributed by atoms with Crippen LogP contribution in [0.5, 0.6) is 0 Å². The predicted octanol–water partition coefficient (Wildman–Crippen LogP) is 3.92. The molecule has 0 fully saturated rings. The zero-order valence-electron chi connectivity index (χ0n) is 10.1. The highest BCUT2D eigenvalue weighted by atomic mass is 79.9. The molecule has 0 aliphatic heterocycles. The minimum Gasteiger partial charge on any atom is -0.469 e. The van der Waals surface area contributed by atoms with Gasteiger partial charge in [0.15, 0.2) is 0 Å². The fraction of sp³-hybridized carbons (Fsp3) is 0.214. The molecule has 0 spiro atoms. The molecule has 3 nitrogen and oxygen atoms in total. The average Bonchev–Trinajstić information content (AvgIpc) is 2.86. The van der Waals surface area contributed by atoms with Crippen molar-refractivity contribution >= 4 is 27.5 Å². The van der Waals surface area contributed by atoms with E-state index in [2.05, 4.69) is 21.2 Å². The number of aryl methyl sites for hydroxylation is 1. The van der Waals surface area contributed by atoms with Crippen LogP contribution in [0.3, 0.4) is 0 Å². The van der Waals surface area contributed by atoms with Crippen LogP contribution in [0.25, 0.3) is 0 Å². The van der Waals surface area contributed by atoms with Gasteiger partial charge in [-0.25, -0.2) is 0 Å². The molecule has 94 valence electrons. The van der Waals surface area contributed by atoms with Crippen LogP contribution in [0.4, 0.5) is 5.69 Å². The Morgan fingerprint density at radius 2 is 2.17 bits per heavy atom. The van der Waals surface area contributed by atoms with Gasteiger partial charge in [0.05, 0.1) is 6.26 Å². The largest absolute Gasteiger partial charge is 0.469 e. The average molecular weight is 308 g/mol. The molecule has 18 heavy (non-hydrogen) atoms. The van der Waals surface area contributed by atoms with Crippen molar-refractivity contribution in [2.45, 2.75) is 19.8 Å². The molecule has 0 radical (unpaired) electrons. The maximum atomic E-state index is 11.8. The molecule has 0 unspecified atom stereocenters. The molecule has 0 saturated carbocycles. The van der Waals surface area contributed by atoms with E-state index in [9.17, 15) is 4.79 Å². The van der Waals surface area contributed by atoms with E-state index in [1.165, 1.54) is 0 Å². The number of hydrogen-bond acceptors (Lipinski definition) is 2. The van der Waals surface area contributed by atoms with Crippen molar-refractivity contribution in [3.63, 3.8) is 0 Å². The first-order chi connectivity index (χ1) is 8.66. The van der Waals surface area contributed by atoms with Crippen molar-refractivity contribution in [2.24, 2.45) is 0 Å². The highest BCUT2D eigenvalue weighted by molar-refractivity contribution is 9.10. The Morgan fingerprint density at radius 1 is 1.33 bits per heavy atom. The Kier molecular flexibility index (Phi) is 4.20. The van der Waals surface area contributed by atoms with Gasteiger partial charge in [-0.1, -0.05) is 22.0 Å². The number of anilines is 1. The van der Waals surface area contributed by atoms with Crippen molar-refractivity contribution < 1.29 is 9.21 Å². The van der Waals surface area contributed by atoms with E-state index >= 15 is 0 Å². The summed E-state index contributed by atoms with van der Waals surface area (Å²) in [5, 5.41) is 2.90. The first kappa shape index (κ1) is 12.9. The SMILES string of the molecule is Cc1c(Br)cccc1NC(=O)CCc1ccco1. The van der Waals surface area contributed by atoms with Crippen LogP contribution in [0, 0.1) is 6.92 Å². The molecule has 2 rings (SSSR count). The highest BCUT2D eigenvalue weighted by Crippen LogP contribution is 2.23. The van der Waals surface area contributed by atoms with E-state index in [1.807, 2.05) is 37.3 Å². The van der Waals surface area contributed by atoms with Gasteiger partial charge in [-0.05, 0) is 36.8 Å². The fourth-order valence-electron chi connectivity index (χ4n) is 1.65. The first-order valence-corrected chi connectivity index (χ1v) is 6.53. The van der Waals surface area contributed by atoms with Gasteiger partial charge in [0, 0.05) is 23.0 Å². The lowest BCUT2D eigenvalue weighted by molar-refractivity contribution is -0.116. The molecule has 1 aromatic carbocycles. The lowest BCUT2D eigenvalue weighted by Crippen LogP contribution is -2.13. The van der Waals surface area contributed by atoms with E-state index < -0.39 is 0 Å². The molecular formula is C14H14BrNO2. The number of halogens is 1. The van der Waals surface area contributed by atoms with Crippen LogP contribution in [-0.4, -0.2) is 5.91 Å². The summed E-state index contributed by atoms with van der Waals surface area (Å²) in [6.45, 7) is 1.96. The van der Waals surface area contributed by atoms with Crippen LogP contribution in [-0.2, 0) is 11.2 Å². The van der Waals surface area contributed by atoms with Crippen LogP contribution in [0.15, 0.2) is 45.5 Å². The summed E-state index contributed by atoms with van der Waals surface area (Å²) in [7, 11) is 0. The van der Waals surface area contributed by atoms with E-state index in [0.717, 1.165) is 21.5 Å². The fourth-order valence-corrected chi connectivity index (χ4v) is 2.01.